The van der Waals surface area contributed by atoms with Gasteiger partial charge in [-0.15, -0.1) is 0 Å². The van der Waals surface area contributed by atoms with Crippen LogP contribution in [0.15, 0.2) is 53.5 Å². The summed E-state index contributed by atoms with van der Waals surface area (Å²) < 4.78 is 10.9. The number of likely N-dealkylation sites (tertiary alicyclic amines) is 1. The Labute approximate surface area is 180 Å². The first-order valence-corrected chi connectivity index (χ1v) is 10.7. The summed E-state index contributed by atoms with van der Waals surface area (Å²) in [6.07, 6.45) is 2.46. The van der Waals surface area contributed by atoms with E-state index in [2.05, 4.69) is 27.3 Å². The average Bonchev–Trinajstić information content (AvgIpc) is 2.75. The third-order valence-electron chi connectivity index (χ3n) is 5.29. The number of aliphatic imine (C=N–C) groups is 1. The molecule has 0 bridgehead atoms. The summed E-state index contributed by atoms with van der Waals surface area (Å²) in [5, 5.41) is 3.16. The average molecular weight is 411 g/mol. The molecule has 6 heteroatoms. The molecule has 0 amide bonds. The summed E-state index contributed by atoms with van der Waals surface area (Å²) in [5.41, 5.74) is 8.32. The lowest BCUT2D eigenvalue weighted by Gasteiger charge is -2.31. The maximum absolute atomic E-state index is 6.08. The van der Waals surface area contributed by atoms with Crippen molar-refractivity contribution >= 4 is 11.6 Å². The topological polar surface area (TPSA) is 72.1 Å². The molecule has 30 heavy (non-hydrogen) atoms. The molecule has 6 nitrogen and oxygen atoms in total. The molecule has 0 saturated carbocycles. The summed E-state index contributed by atoms with van der Waals surface area (Å²) in [4.78, 5) is 7.07. The van der Waals surface area contributed by atoms with E-state index in [4.69, 9.17) is 15.2 Å². The number of nitrogens with two attached hydrogens (primary N) is 1. The lowest BCUT2D eigenvalue weighted by molar-refractivity contribution is 0.180. The zero-order valence-electron chi connectivity index (χ0n) is 18.3. The van der Waals surface area contributed by atoms with Crippen molar-refractivity contribution in [3.63, 3.8) is 0 Å². The fourth-order valence-corrected chi connectivity index (χ4v) is 3.62. The number of hydrogen-bond donors (Lipinski definition) is 2. The molecule has 1 fully saturated rings. The lowest BCUT2D eigenvalue weighted by atomic mass is 9.96. The maximum atomic E-state index is 6.08. The predicted octanol–water partition coefficient (Wildman–Crippen LogP) is 4.12. The number of guanidine groups is 1. The zero-order valence-corrected chi connectivity index (χ0v) is 18.3. The number of nitrogens with one attached hydrogen (secondary N) is 1. The van der Waals surface area contributed by atoms with E-state index in [1.807, 2.05) is 50.2 Å². The molecule has 0 atom stereocenters. The van der Waals surface area contributed by atoms with Crippen molar-refractivity contribution in [1.29, 1.82) is 0 Å². The van der Waals surface area contributed by atoms with E-state index in [1.165, 1.54) is 5.56 Å². The Morgan fingerprint density at radius 2 is 1.70 bits per heavy atom. The molecule has 0 radical (unpaired) electrons. The minimum Gasteiger partial charge on any atom is -0.497 e. The van der Waals surface area contributed by atoms with Crippen LogP contribution in [0.4, 0.5) is 5.69 Å². The fourth-order valence-electron chi connectivity index (χ4n) is 3.62. The van der Waals surface area contributed by atoms with Crippen molar-refractivity contribution < 1.29 is 9.47 Å². The second-order valence-electron chi connectivity index (χ2n) is 8.11. The monoisotopic (exact) mass is 410 g/mol. The standard InChI is InChI=1S/C24H34N4O2/c1-18(2)30-23-10-6-21(7-11-23)27-24(25)26-16-19-12-14-28(15-13-19)17-20-4-8-22(29-3)9-5-20/h4-11,18-19H,12-17H2,1-3H3,(H3,25,26,27). The van der Waals surface area contributed by atoms with Crippen LogP contribution in [0.5, 0.6) is 11.5 Å². The second-order valence-corrected chi connectivity index (χ2v) is 8.11. The quantitative estimate of drug-likeness (QED) is 0.506. The number of rotatable bonds is 8. The van der Waals surface area contributed by atoms with Crippen molar-refractivity contribution in [2.75, 3.05) is 32.1 Å². The largest absolute Gasteiger partial charge is 0.497 e. The highest BCUT2D eigenvalue weighted by atomic mass is 16.5. The van der Waals surface area contributed by atoms with E-state index >= 15 is 0 Å². The highest BCUT2D eigenvalue weighted by molar-refractivity contribution is 5.92. The van der Waals surface area contributed by atoms with Gasteiger partial charge in [0.25, 0.3) is 0 Å². The smallest absolute Gasteiger partial charge is 0.193 e. The Morgan fingerprint density at radius 3 is 2.30 bits per heavy atom. The number of anilines is 1. The number of piperidine rings is 1. The number of ether oxygens (including phenoxy) is 2. The number of benzene rings is 2. The Hall–Kier alpha value is -2.73. The molecule has 1 heterocycles. The van der Waals surface area contributed by atoms with Crippen molar-refractivity contribution in [3.05, 3.63) is 54.1 Å². The van der Waals surface area contributed by atoms with Crippen LogP contribution in [0, 0.1) is 5.92 Å². The van der Waals surface area contributed by atoms with E-state index in [1.54, 1.807) is 7.11 Å². The molecule has 1 aliphatic rings. The summed E-state index contributed by atoms with van der Waals surface area (Å²) in [5.74, 6) is 2.81. The Bertz CT molecular complexity index is 795. The van der Waals surface area contributed by atoms with Crippen molar-refractivity contribution in [2.24, 2.45) is 16.6 Å². The molecular formula is C24H34N4O2. The maximum Gasteiger partial charge on any atom is 0.193 e. The van der Waals surface area contributed by atoms with Crippen molar-refractivity contribution in [2.45, 2.75) is 39.3 Å². The first-order valence-electron chi connectivity index (χ1n) is 10.7. The number of hydrogen-bond acceptors (Lipinski definition) is 4. The lowest BCUT2D eigenvalue weighted by Crippen LogP contribution is -2.34. The van der Waals surface area contributed by atoms with Gasteiger partial charge in [0.2, 0.25) is 0 Å². The normalized spacial score (nSPS) is 15.9. The minimum atomic E-state index is 0.165. The third-order valence-corrected chi connectivity index (χ3v) is 5.29. The molecule has 2 aromatic carbocycles. The molecule has 3 N–H and O–H groups in total. The van der Waals surface area contributed by atoms with Crippen LogP contribution in [-0.2, 0) is 6.54 Å². The van der Waals surface area contributed by atoms with Gasteiger partial charge in [-0.2, -0.15) is 0 Å². The van der Waals surface area contributed by atoms with Crippen LogP contribution in [0.1, 0.15) is 32.3 Å². The van der Waals surface area contributed by atoms with Gasteiger partial charge in [0.1, 0.15) is 11.5 Å². The molecule has 0 spiro atoms. The molecule has 1 aliphatic heterocycles. The van der Waals surface area contributed by atoms with Gasteiger partial charge in [-0.25, -0.2) is 0 Å². The van der Waals surface area contributed by atoms with Crippen molar-refractivity contribution in [1.82, 2.24) is 4.90 Å². The van der Waals surface area contributed by atoms with Crippen LogP contribution in [0.2, 0.25) is 0 Å². The van der Waals surface area contributed by atoms with E-state index in [9.17, 15) is 0 Å². The minimum absolute atomic E-state index is 0.165. The van der Waals surface area contributed by atoms with Gasteiger partial charge < -0.3 is 20.5 Å². The molecule has 162 valence electrons. The molecule has 0 unspecified atom stereocenters. The van der Waals surface area contributed by atoms with Gasteiger partial charge >= 0.3 is 0 Å². The van der Waals surface area contributed by atoms with E-state index in [-0.39, 0.29) is 6.10 Å². The molecule has 0 aromatic heterocycles. The van der Waals surface area contributed by atoms with Gasteiger partial charge in [-0.1, -0.05) is 12.1 Å². The Balaban J connectivity index is 1.40. The summed E-state index contributed by atoms with van der Waals surface area (Å²) >= 11 is 0. The van der Waals surface area contributed by atoms with Gasteiger partial charge in [0.05, 0.1) is 13.2 Å². The number of methoxy groups -OCH3 is 1. The van der Waals surface area contributed by atoms with Gasteiger partial charge in [-0.05, 0) is 87.7 Å². The Morgan fingerprint density at radius 1 is 1.07 bits per heavy atom. The van der Waals surface area contributed by atoms with E-state index < -0.39 is 0 Å². The molecule has 3 rings (SSSR count). The van der Waals surface area contributed by atoms with Crippen LogP contribution in [0.25, 0.3) is 0 Å². The van der Waals surface area contributed by atoms with Gasteiger partial charge in [0.15, 0.2) is 5.96 Å². The first kappa shape index (κ1) is 22.0. The number of nitrogens with zero attached hydrogens (tertiary/aromatic N) is 2. The summed E-state index contributed by atoms with van der Waals surface area (Å²) in [6.45, 7) is 7.97. The van der Waals surface area contributed by atoms with Crippen molar-refractivity contribution in [3.8, 4) is 11.5 Å². The molecule has 1 saturated heterocycles. The van der Waals surface area contributed by atoms with Crippen LogP contribution < -0.4 is 20.5 Å². The Kier molecular flexibility index (Phi) is 7.97. The first-order chi connectivity index (χ1) is 14.5. The second kappa shape index (κ2) is 10.9. The predicted molar refractivity (Wildman–Crippen MR) is 123 cm³/mol. The summed E-state index contributed by atoms with van der Waals surface area (Å²) in [6, 6.07) is 16.1. The third kappa shape index (κ3) is 6.95. The van der Waals surface area contributed by atoms with Gasteiger partial charge in [-0.3, -0.25) is 9.89 Å². The van der Waals surface area contributed by atoms with Gasteiger partial charge in [0, 0.05) is 18.8 Å². The zero-order chi connectivity index (χ0) is 21.3. The summed E-state index contributed by atoms with van der Waals surface area (Å²) in [7, 11) is 1.70. The molecule has 0 aliphatic carbocycles. The molecule has 2 aromatic rings. The van der Waals surface area contributed by atoms with E-state index in [0.717, 1.165) is 56.2 Å². The highest BCUT2D eigenvalue weighted by Crippen LogP contribution is 2.21. The van der Waals surface area contributed by atoms with Crippen LogP contribution in [0.3, 0.4) is 0 Å². The van der Waals surface area contributed by atoms with E-state index in [0.29, 0.717) is 11.9 Å². The fraction of sp³-hybridized carbons (Fsp3) is 0.458. The van der Waals surface area contributed by atoms with Crippen LogP contribution >= 0.6 is 0 Å². The highest BCUT2D eigenvalue weighted by Gasteiger charge is 2.19. The van der Waals surface area contributed by atoms with Crippen LogP contribution in [-0.4, -0.2) is 43.7 Å². The SMILES string of the molecule is COc1ccc(CN2CCC(CN=C(N)Nc3ccc(OC(C)C)cc3)CC2)cc1. The molecular weight excluding hydrogens is 376 g/mol.